The number of carbonyl (C=O) groups is 3. The number of hydrogen-bond acceptors (Lipinski definition) is 4. The number of carbonyl (C=O) groups excluding carboxylic acids is 3. The van der Waals surface area contributed by atoms with Crippen molar-refractivity contribution in [1.82, 2.24) is 20.9 Å². The second-order valence-electron chi connectivity index (χ2n) is 8.32. The Hall–Kier alpha value is -2.41. The standard InChI is InChI=1S/C23H34N4O3/c1-4-18(25-21(28)15(2)24-3)23(30)27-14-8-13-20(27)22(29)26-19-12-7-10-16-9-5-6-11-17(16)19/h5-6,9,11,15,18-20,24H,4,7-8,10,12-14H2,1-3H3,(H,25,28)(H,26,29)/t15-,18-,19?,20-/m0/s1. The highest BCUT2D eigenvalue weighted by Gasteiger charge is 2.38. The molecule has 0 aromatic heterocycles. The molecule has 4 atom stereocenters. The molecule has 1 aliphatic heterocycles. The van der Waals surface area contributed by atoms with E-state index in [4.69, 9.17) is 0 Å². The number of likely N-dealkylation sites (N-methyl/N-ethyl adjacent to an activating group) is 1. The molecule has 3 amide bonds. The average Bonchev–Trinajstić information content (AvgIpc) is 3.26. The molecule has 7 nitrogen and oxygen atoms in total. The smallest absolute Gasteiger partial charge is 0.245 e. The number of aryl methyl sites for hydroxylation is 1. The Morgan fingerprint density at radius 2 is 1.93 bits per heavy atom. The third-order valence-corrected chi connectivity index (χ3v) is 6.37. The van der Waals surface area contributed by atoms with E-state index in [0.29, 0.717) is 19.4 Å². The maximum absolute atomic E-state index is 13.1. The van der Waals surface area contributed by atoms with Gasteiger partial charge in [-0.1, -0.05) is 31.2 Å². The number of amides is 3. The molecule has 7 heteroatoms. The van der Waals surface area contributed by atoms with Crippen LogP contribution in [0.25, 0.3) is 0 Å². The number of nitrogens with zero attached hydrogens (tertiary/aromatic N) is 1. The molecule has 1 saturated heterocycles. The van der Waals surface area contributed by atoms with Crippen molar-refractivity contribution in [3.8, 4) is 0 Å². The molecule has 1 fully saturated rings. The summed E-state index contributed by atoms with van der Waals surface area (Å²) in [5, 5.41) is 8.90. The maximum Gasteiger partial charge on any atom is 0.245 e. The molecule has 1 unspecified atom stereocenters. The molecule has 30 heavy (non-hydrogen) atoms. The van der Waals surface area contributed by atoms with E-state index in [9.17, 15) is 14.4 Å². The lowest BCUT2D eigenvalue weighted by molar-refractivity contribution is -0.141. The molecule has 0 bridgehead atoms. The summed E-state index contributed by atoms with van der Waals surface area (Å²) < 4.78 is 0. The van der Waals surface area contributed by atoms with E-state index in [2.05, 4.69) is 28.1 Å². The highest BCUT2D eigenvalue weighted by atomic mass is 16.2. The quantitative estimate of drug-likeness (QED) is 0.633. The van der Waals surface area contributed by atoms with Crippen molar-refractivity contribution in [3.63, 3.8) is 0 Å². The van der Waals surface area contributed by atoms with Crippen LogP contribution in [0.3, 0.4) is 0 Å². The summed E-state index contributed by atoms with van der Waals surface area (Å²) in [5.41, 5.74) is 2.48. The monoisotopic (exact) mass is 414 g/mol. The molecule has 3 N–H and O–H groups in total. The van der Waals surface area contributed by atoms with Crippen LogP contribution in [0.1, 0.15) is 63.1 Å². The molecule has 1 heterocycles. The summed E-state index contributed by atoms with van der Waals surface area (Å²) in [6.07, 6.45) is 4.94. The molecular weight excluding hydrogens is 380 g/mol. The van der Waals surface area contributed by atoms with Crippen LogP contribution >= 0.6 is 0 Å². The van der Waals surface area contributed by atoms with Gasteiger partial charge in [0.1, 0.15) is 12.1 Å². The largest absolute Gasteiger partial charge is 0.347 e. The van der Waals surface area contributed by atoms with Gasteiger partial charge in [0.25, 0.3) is 0 Å². The lowest BCUT2D eigenvalue weighted by Gasteiger charge is -2.31. The number of likely N-dealkylation sites (tertiary alicyclic amines) is 1. The average molecular weight is 415 g/mol. The lowest BCUT2D eigenvalue weighted by atomic mass is 9.87. The molecule has 3 rings (SSSR count). The highest BCUT2D eigenvalue weighted by molar-refractivity contribution is 5.93. The van der Waals surface area contributed by atoms with Gasteiger partial charge in [-0.05, 0) is 63.6 Å². The maximum atomic E-state index is 13.1. The van der Waals surface area contributed by atoms with E-state index < -0.39 is 12.1 Å². The summed E-state index contributed by atoms with van der Waals surface area (Å²) in [6.45, 7) is 4.17. The van der Waals surface area contributed by atoms with Gasteiger partial charge in [-0.2, -0.15) is 0 Å². The summed E-state index contributed by atoms with van der Waals surface area (Å²) in [6, 6.07) is 6.79. The number of hydrogen-bond donors (Lipinski definition) is 3. The first-order valence-electron chi connectivity index (χ1n) is 11.1. The van der Waals surface area contributed by atoms with Gasteiger partial charge in [0.15, 0.2) is 0 Å². The molecular formula is C23H34N4O3. The van der Waals surface area contributed by atoms with Crippen LogP contribution in [0.15, 0.2) is 24.3 Å². The first kappa shape index (κ1) is 22.3. The van der Waals surface area contributed by atoms with Gasteiger partial charge in [-0.3, -0.25) is 14.4 Å². The summed E-state index contributed by atoms with van der Waals surface area (Å²) >= 11 is 0. The highest BCUT2D eigenvalue weighted by Crippen LogP contribution is 2.30. The van der Waals surface area contributed by atoms with E-state index in [-0.39, 0.29) is 29.8 Å². The van der Waals surface area contributed by atoms with Crippen molar-refractivity contribution in [2.24, 2.45) is 0 Å². The zero-order valence-electron chi connectivity index (χ0n) is 18.2. The molecule has 1 aromatic carbocycles. The Kier molecular flexibility index (Phi) is 7.48. The van der Waals surface area contributed by atoms with Gasteiger partial charge < -0.3 is 20.9 Å². The Morgan fingerprint density at radius 3 is 2.67 bits per heavy atom. The third-order valence-electron chi connectivity index (χ3n) is 6.37. The Balaban J connectivity index is 1.67. The zero-order chi connectivity index (χ0) is 21.7. The van der Waals surface area contributed by atoms with Gasteiger partial charge in [0.05, 0.1) is 12.1 Å². The molecule has 0 spiro atoms. The van der Waals surface area contributed by atoms with E-state index in [1.54, 1.807) is 18.9 Å². The number of fused-ring (bicyclic) bond motifs is 1. The predicted octanol–water partition coefficient (Wildman–Crippen LogP) is 1.67. The van der Waals surface area contributed by atoms with Crippen LogP contribution in [0.2, 0.25) is 0 Å². The minimum atomic E-state index is -0.614. The van der Waals surface area contributed by atoms with Crippen molar-refractivity contribution in [3.05, 3.63) is 35.4 Å². The van der Waals surface area contributed by atoms with E-state index in [1.165, 1.54) is 11.1 Å². The molecule has 2 aliphatic rings. The Bertz CT molecular complexity index is 781. The van der Waals surface area contributed by atoms with Crippen LogP contribution < -0.4 is 16.0 Å². The van der Waals surface area contributed by atoms with Gasteiger partial charge in [0, 0.05) is 6.54 Å². The Labute approximate surface area is 179 Å². The summed E-state index contributed by atoms with van der Waals surface area (Å²) in [7, 11) is 1.71. The van der Waals surface area contributed by atoms with Crippen LogP contribution in [0.4, 0.5) is 0 Å². The van der Waals surface area contributed by atoms with Crippen LogP contribution in [-0.4, -0.2) is 54.3 Å². The van der Waals surface area contributed by atoms with Crippen molar-refractivity contribution >= 4 is 17.7 Å². The van der Waals surface area contributed by atoms with Crippen molar-refractivity contribution in [1.29, 1.82) is 0 Å². The number of benzene rings is 1. The number of nitrogens with one attached hydrogen (secondary N) is 3. The SMILES string of the molecule is CC[C@H](NC(=O)[C@H](C)NC)C(=O)N1CCC[C@H]1C(=O)NC1CCCc2ccccc21. The van der Waals surface area contributed by atoms with Crippen molar-refractivity contribution < 1.29 is 14.4 Å². The molecule has 0 saturated carbocycles. The van der Waals surface area contributed by atoms with Crippen LogP contribution in [-0.2, 0) is 20.8 Å². The first-order chi connectivity index (χ1) is 14.5. The minimum Gasteiger partial charge on any atom is -0.347 e. The second-order valence-corrected chi connectivity index (χ2v) is 8.32. The fourth-order valence-corrected chi connectivity index (χ4v) is 4.44. The van der Waals surface area contributed by atoms with E-state index >= 15 is 0 Å². The molecule has 1 aromatic rings. The number of rotatable bonds is 7. The second kappa shape index (κ2) is 10.1. The first-order valence-corrected chi connectivity index (χ1v) is 11.1. The molecule has 164 valence electrons. The topological polar surface area (TPSA) is 90.5 Å². The van der Waals surface area contributed by atoms with E-state index in [1.807, 2.05) is 19.1 Å². The summed E-state index contributed by atoms with van der Waals surface area (Å²) in [4.78, 5) is 40.2. The van der Waals surface area contributed by atoms with E-state index in [0.717, 1.165) is 25.7 Å². The fraction of sp³-hybridized carbons (Fsp3) is 0.609. The van der Waals surface area contributed by atoms with Gasteiger partial charge in [-0.15, -0.1) is 0 Å². The van der Waals surface area contributed by atoms with Crippen LogP contribution in [0.5, 0.6) is 0 Å². The van der Waals surface area contributed by atoms with Gasteiger partial charge in [-0.25, -0.2) is 0 Å². The van der Waals surface area contributed by atoms with Crippen LogP contribution in [0, 0.1) is 0 Å². The predicted molar refractivity (Wildman–Crippen MR) is 116 cm³/mol. The Morgan fingerprint density at radius 1 is 1.17 bits per heavy atom. The third kappa shape index (κ3) is 4.83. The fourth-order valence-electron chi connectivity index (χ4n) is 4.44. The minimum absolute atomic E-state index is 0.00171. The molecule has 0 radical (unpaired) electrons. The normalized spacial score (nSPS) is 22.7. The summed E-state index contributed by atoms with van der Waals surface area (Å²) in [5.74, 6) is -0.472. The van der Waals surface area contributed by atoms with Crippen molar-refractivity contribution in [2.75, 3.05) is 13.6 Å². The zero-order valence-corrected chi connectivity index (χ0v) is 18.2. The van der Waals surface area contributed by atoms with Gasteiger partial charge >= 0.3 is 0 Å². The molecule has 1 aliphatic carbocycles. The van der Waals surface area contributed by atoms with Gasteiger partial charge in [0.2, 0.25) is 17.7 Å². The lowest BCUT2D eigenvalue weighted by Crippen LogP contribution is -2.55. The van der Waals surface area contributed by atoms with Crippen molar-refractivity contribution in [2.45, 2.75) is 76.5 Å².